The molecule has 2 aromatic rings. The van der Waals surface area contributed by atoms with Crippen molar-refractivity contribution in [2.24, 2.45) is 5.73 Å². The Bertz CT molecular complexity index is 564. The molecule has 2 rings (SSSR count). The Morgan fingerprint density at radius 3 is 2.58 bits per heavy atom. The highest BCUT2D eigenvalue weighted by Crippen LogP contribution is 2.30. The fourth-order valence-electron chi connectivity index (χ4n) is 2.06. The van der Waals surface area contributed by atoms with Gasteiger partial charge in [-0.05, 0) is 60.1 Å². The van der Waals surface area contributed by atoms with Crippen molar-refractivity contribution < 1.29 is 0 Å². The summed E-state index contributed by atoms with van der Waals surface area (Å²) in [5, 5.41) is 0. The van der Waals surface area contributed by atoms with Crippen LogP contribution in [0.1, 0.15) is 36.8 Å². The minimum atomic E-state index is 0.165. The van der Waals surface area contributed by atoms with E-state index in [9.17, 15) is 0 Å². The second kappa shape index (κ2) is 5.43. The van der Waals surface area contributed by atoms with E-state index in [2.05, 4.69) is 56.3 Å². The van der Waals surface area contributed by atoms with Gasteiger partial charge in [0.2, 0.25) is 0 Å². The summed E-state index contributed by atoms with van der Waals surface area (Å²) in [6, 6.07) is 8.85. The lowest BCUT2D eigenvalue weighted by molar-refractivity contribution is 0.590. The predicted octanol–water partition coefficient (Wildman–Crippen LogP) is 3.92. The molecule has 19 heavy (non-hydrogen) atoms. The van der Waals surface area contributed by atoms with Crippen LogP contribution in [0, 0.1) is 6.92 Å². The number of aromatic nitrogens is 1. The van der Waals surface area contributed by atoms with Gasteiger partial charge in [0.25, 0.3) is 0 Å². The van der Waals surface area contributed by atoms with Gasteiger partial charge in [0, 0.05) is 10.4 Å². The number of nitrogens with zero attached hydrogens (tertiary/aromatic N) is 1. The Kier molecular flexibility index (Phi) is 4.07. The molecule has 0 unspecified atom stereocenters. The highest BCUT2D eigenvalue weighted by Gasteiger charge is 2.16. The van der Waals surface area contributed by atoms with Gasteiger partial charge < -0.3 is 5.73 Å². The van der Waals surface area contributed by atoms with Crippen molar-refractivity contribution in [3.05, 3.63) is 40.3 Å². The highest BCUT2D eigenvalue weighted by atomic mass is 32.1. The van der Waals surface area contributed by atoms with E-state index in [1.165, 1.54) is 21.6 Å². The second-order valence-electron chi connectivity index (χ2n) is 6.00. The van der Waals surface area contributed by atoms with Crippen LogP contribution in [0.2, 0.25) is 0 Å². The van der Waals surface area contributed by atoms with Gasteiger partial charge in [-0.1, -0.05) is 32.9 Å². The molecule has 2 N–H and O–H groups in total. The van der Waals surface area contributed by atoms with Crippen LogP contribution in [0.5, 0.6) is 0 Å². The van der Waals surface area contributed by atoms with Crippen LogP contribution < -0.4 is 5.73 Å². The Morgan fingerprint density at radius 1 is 1.21 bits per heavy atom. The van der Waals surface area contributed by atoms with E-state index < -0.39 is 0 Å². The zero-order valence-corrected chi connectivity index (χ0v) is 13.0. The van der Waals surface area contributed by atoms with Crippen molar-refractivity contribution in [3.8, 4) is 11.3 Å². The van der Waals surface area contributed by atoms with E-state index in [0.29, 0.717) is 6.54 Å². The quantitative estimate of drug-likeness (QED) is 0.921. The molecule has 0 radical (unpaired) electrons. The maximum Gasteiger partial charge on any atom is 0.0846 e. The summed E-state index contributed by atoms with van der Waals surface area (Å²) in [5.41, 5.74) is 10.7. The van der Waals surface area contributed by atoms with Crippen molar-refractivity contribution in [2.45, 2.75) is 39.5 Å². The third-order valence-corrected chi connectivity index (χ3v) is 4.17. The molecule has 0 saturated carbocycles. The molecule has 0 aliphatic heterocycles. The lowest BCUT2D eigenvalue weighted by atomic mass is 9.85. The molecule has 0 atom stereocenters. The van der Waals surface area contributed by atoms with Gasteiger partial charge in [-0.3, -0.25) is 0 Å². The van der Waals surface area contributed by atoms with Crippen LogP contribution in [-0.4, -0.2) is 10.9 Å². The largest absolute Gasteiger partial charge is 0.330 e. The first-order valence-corrected chi connectivity index (χ1v) is 7.46. The summed E-state index contributed by atoms with van der Waals surface area (Å²) in [7, 11) is 0. The minimum Gasteiger partial charge on any atom is -0.330 e. The van der Waals surface area contributed by atoms with Crippen molar-refractivity contribution in [1.82, 2.24) is 4.37 Å². The van der Waals surface area contributed by atoms with E-state index in [-0.39, 0.29) is 5.41 Å². The average Bonchev–Trinajstić information content (AvgIpc) is 2.77. The first kappa shape index (κ1) is 14.2. The summed E-state index contributed by atoms with van der Waals surface area (Å²) < 4.78 is 4.58. The summed E-state index contributed by atoms with van der Waals surface area (Å²) in [4.78, 5) is 1.26. The zero-order valence-electron chi connectivity index (χ0n) is 12.2. The molecule has 0 fully saturated rings. The third kappa shape index (κ3) is 3.23. The molecule has 3 heteroatoms. The van der Waals surface area contributed by atoms with Crippen LogP contribution in [0.3, 0.4) is 0 Å². The summed E-state index contributed by atoms with van der Waals surface area (Å²) in [6.45, 7) is 9.54. The number of rotatable bonds is 3. The van der Waals surface area contributed by atoms with E-state index in [0.717, 1.165) is 12.1 Å². The Morgan fingerprint density at radius 2 is 1.95 bits per heavy atom. The van der Waals surface area contributed by atoms with Crippen molar-refractivity contribution in [1.29, 1.82) is 0 Å². The van der Waals surface area contributed by atoms with Crippen molar-refractivity contribution >= 4 is 11.5 Å². The predicted molar refractivity (Wildman–Crippen MR) is 83.7 cm³/mol. The molecule has 0 amide bonds. The monoisotopic (exact) mass is 274 g/mol. The van der Waals surface area contributed by atoms with E-state index in [4.69, 9.17) is 5.73 Å². The van der Waals surface area contributed by atoms with Crippen LogP contribution in [-0.2, 0) is 11.8 Å². The standard InChI is InChI=1S/C16H22N2S/c1-11-5-6-12(16(2,3)4)9-14(11)15-10-13(7-8-17)19-18-15/h5-6,9-10H,7-8,17H2,1-4H3. The topological polar surface area (TPSA) is 38.9 Å². The molecule has 2 nitrogen and oxygen atoms in total. The van der Waals surface area contributed by atoms with Gasteiger partial charge in [-0.25, -0.2) is 0 Å². The summed E-state index contributed by atoms with van der Waals surface area (Å²) in [5.74, 6) is 0. The molecule has 1 aromatic carbocycles. The van der Waals surface area contributed by atoms with Crippen LogP contribution in [0.15, 0.2) is 24.3 Å². The van der Waals surface area contributed by atoms with E-state index in [1.807, 2.05) is 0 Å². The molecule has 102 valence electrons. The third-order valence-electron chi connectivity index (χ3n) is 3.33. The Labute approximate surface area is 119 Å². The van der Waals surface area contributed by atoms with E-state index >= 15 is 0 Å². The zero-order chi connectivity index (χ0) is 14.0. The summed E-state index contributed by atoms with van der Waals surface area (Å²) >= 11 is 1.56. The fourth-order valence-corrected chi connectivity index (χ4v) is 2.80. The molecule has 1 aromatic heterocycles. The van der Waals surface area contributed by atoms with Crippen molar-refractivity contribution in [3.63, 3.8) is 0 Å². The molecule has 0 aliphatic rings. The lowest BCUT2D eigenvalue weighted by Crippen LogP contribution is -2.11. The minimum absolute atomic E-state index is 0.165. The maximum atomic E-state index is 5.60. The molecular weight excluding hydrogens is 252 g/mol. The fraction of sp³-hybridized carbons (Fsp3) is 0.438. The average molecular weight is 274 g/mol. The van der Waals surface area contributed by atoms with Gasteiger partial charge in [0.1, 0.15) is 0 Å². The number of benzene rings is 1. The van der Waals surface area contributed by atoms with Gasteiger partial charge in [0.15, 0.2) is 0 Å². The maximum absolute atomic E-state index is 5.60. The Hall–Kier alpha value is -1.19. The normalized spacial score (nSPS) is 11.8. The van der Waals surface area contributed by atoms with Crippen LogP contribution in [0.4, 0.5) is 0 Å². The molecule has 0 spiro atoms. The number of hydrogen-bond donors (Lipinski definition) is 1. The van der Waals surface area contributed by atoms with Crippen LogP contribution >= 0.6 is 11.5 Å². The lowest BCUT2D eigenvalue weighted by Gasteiger charge is -2.20. The highest BCUT2D eigenvalue weighted by molar-refractivity contribution is 7.06. The van der Waals surface area contributed by atoms with Gasteiger partial charge in [-0.15, -0.1) is 0 Å². The van der Waals surface area contributed by atoms with Gasteiger partial charge >= 0.3 is 0 Å². The molecule has 1 heterocycles. The Balaban J connectivity index is 2.42. The number of hydrogen-bond acceptors (Lipinski definition) is 3. The van der Waals surface area contributed by atoms with Crippen LogP contribution in [0.25, 0.3) is 11.3 Å². The molecule has 0 saturated heterocycles. The first-order valence-electron chi connectivity index (χ1n) is 6.69. The molecule has 0 aliphatic carbocycles. The van der Waals surface area contributed by atoms with E-state index in [1.54, 1.807) is 11.5 Å². The van der Waals surface area contributed by atoms with Gasteiger partial charge in [0.05, 0.1) is 5.69 Å². The molecular formula is C16H22N2S. The van der Waals surface area contributed by atoms with Gasteiger partial charge in [-0.2, -0.15) is 4.37 Å². The van der Waals surface area contributed by atoms with Crippen molar-refractivity contribution in [2.75, 3.05) is 6.54 Å². The number of nitrogens with two attached hydrogens (primary N) is 1. The number of aryl methyl sites for hydroxylation is 1. The SMILES string of the molecule is Cc1ccc(C(C)(C)C)cc1-c1cc(CCN)sn1. The molecule has 0 bridgehead atoms. The smallest absolute Gasteiger partial charge is 0.0846 e. The first-order chi connectivity index (χ1) is 8.91. The second-order valence-corrected chi connectivity index (χ2v) is 6.89. The summed E-state index contributed by atoms with van der Waals surface area (Å²) in [6.07, 6.45) is 0.912.